The van der Waals surface area contributed by atoms with Crippen molar-refractivity contribution in [3.8, 4) is 0 Å². The first-order chi connectivity index (χ1) is 13.1. The number of carbonyl (C=O) groups excluding carboxylic acids is 1. The lowest BCUT2D eigenvalue weighted by Gasteiger charge is -2.35. The molecule has 2 amide bonds. The van der Waals surface area contributed by atoms with Crippen molar-refractivity contribution in [2.45, 2.75) is 50.5 Å². The maximum absolute atomic E-state index is 13.0. The van der Waals surface area contributed by atoms with Gasteiger partial charge in [0, 0.05) is 18.9 Å². The Kier molecular flexibility index (Phi) is 5.00. The van der Waals surface area contributed by atoms with Crippen molar-refractivity contribution in [2.24, 2.45) is 11.0 Å². The fourth-order valence-corrected chi connectivity index (χ4v) is 4.98. The average Bonchev–Trinajstić information content (AvgIpc) is 3.04. The van der Waals surface area contributed by atoms with E-state index in [2.05, 4.69) is 10.6 Å². The third-order valence-electron chi connectivity index (χ3n) is 5.65. The zero-order chi connectivity index (χ0) is 20.1. The third-order valence-corrected chi connectivity index (χ3v) is 6.89. The second-order valence-electron chi connectivity index (χ2n) is 8.33. The molecular formula is C19H24ClF2N4OS+. The van der Waals surface area contributed by atoms with Gasteiger partial charge in [-0.15, -0.1) is 11.3 Å². The summed E-state index contributed by atoms with van der Waals surface area (Å²) >= 11 is 7.59. The molecule has 28 heavy (non-hydrogen) atoms. The number of thiophene rings is 1. The zero-order valence-electron chi connectivity index (χ0n) is 15.9. The second kappa shape index (κ2) is 7.07. The van der Waals surface area contributed by atoms with Crippen molar-refractivity contribution in [3.05, 3.63) is 32.7 Å². The number of allylic oxidation sites excluding steroid dienone is 1. The molecule has 0 spiro atoms. The topological polar surface area (TPSA) is 53.5 Å². The van der Waals surface area contributed by atoms with E-state index in [9.17, 15) is 13.6 Å². The number of rotatable bonds is 5. The van der Waals surface area contributed by atoms with Crippen LogP contribution < -0.4 is 10.6 Å². The van der Waals surface area contributed by atoms with Crippen LogP contribution in [0.25, 0.3) is 0 Å². The van der Waals surface area contributed by atoms with Gasteiger partial charge in [-0.1, -0.05) is 36.0 Å². The maximum Gasteiger partial charge on any atom is 0.323 e. The fourth-order valence-electron chi connectivity index (χ4n) is 3.93. The van der Waals surface area contributed by atoms with Crippen molar-refractivity contribution in [2.75, 3.05) is 14.1 Å². The third kappa shape index (κ3) is 3.95. The predicted octanol–water partition coefficient (Wildman–Crippen LogP) is 4.69. The first-order valence-electron chi connectivity index (χ1n) is 9.52. The summed E-state index contributed by atoms with van der Waals surface area (Å²) in [5.74, 6) is -1.38. The van der Waals surface area contributed by atoms with Crippen LogP contribution in [0.2, 0.25) is 4.34 Å². The summed E-state index contributed by atoms with van der Waals surface area (Å²) in [7, 11) is 3.80. The molecule has 1 aliphatic heterocycles. The summed E-state index contributed by atoms with van der Waals surface area (Å²) in [6.45, 7) is 0. The highest BCUT2D eigenvalue weighted by Crippen LogP contribution is 2.40. The number of halogens is 3. The monoisotopic (exact) mass is 429 g/mol. The van der Waals surface area contributed by atoms with Crippen LogP contribution >= 0.6 is 22.9 Å². The molecule has 2 heterocycles. The van der Waals surface area contributed by atoms with Crippen LogP contribution in [-0.2, 0) is 0 Å². The number of amides is 2. The summed E-state index contributed by atoms with van der Waals surface area (Å²) < 4.78 is 26.9. The SMILES string of the molecule is C[N+]1(C)N=C(c2ccc(Cl)s2)C(CC2CCC2)=C1NC(=O)NC1CC(F)(F)C1. The van der Waals surface area contributed by atoms with Crippen LogP contribution in [0.3, 0.4) is 0 Å². The Balaban J connectivity index is 1.57. The molecule has 152 valence electrons. The molecule has 2 aliphatic carbocycles. The van der Waals surface area contributed by atoms with Gasteiger partial charge in [-0.05, 0) is 24.5 Å². The van der Waals surface area contributed by atoms with Crippen LogP contribution in [0.1, 0.15) is 43.4 Å². The highest BCUT2D eigenvalue weighted by atomic mass is 35.5. The van der Waals surface area contributed by atoms with E-state index < -0.39 is 18.0 Å². The minimum atomic E-state index is -2.66. The Morgan fingerprint density at radius 2 is 2.07 bits per heavy atom. The Bertz CT molecular complexity index is 852. The summed E-state index contributed by atoms with van der Waals surface area (Å²) in [6, 6.07) is 2.86. The van der Waals surface area contributed by atoms with Crippen molar-refractivity contribution >= 4 is 34.7 Å². The van der Waals surface area contributed by atoms with Crippen molar-refractivity contribution in [3.63, 3.8) is 0 Å². The second-order valence-corrected chi connectivity index (χ2v) is 10.0. The van der Waals surface area contributed by atoms with Gasteiger partial charge >= 0.3 is 6.03 Å². The number of alkyl halides is 2. The lowest BCUT2D eigenvalue weighted by Crippen LogP contribution is -2.54. The van der Waals surface area contributed by atoms with Gasteiger partial charge in [0.15, 0.2) is 0 Å². The molecule has 4 rings (SSSR count). The summed E-state index contributed by atoms with van der Waals surface area (Å²) in [5.41, 5.74) is 1.88. The number of hydrogen-bond acceptors (Lipinski definition) is 3. The van der Waals surface area contributed by atoms with Crippen LogP contribution in [0, 0.1) is 5.92 Å². The Morgan fingerprint density at radius 3 is 2.61 bits per heavy atom. The van der Waals surface area contributed by atoms with E-state index in [4.69, 9.17) is 16.7 Å². The smallest absolute Gasteiger partial charge is 0.323 e. The van der Waals surface area contributed by atoms with Crippen LogP contribution in [0.5, 0.6) is 0 Å². The minimum Gasteiger partial charge on any atom is -0.335 e. The van der Waals surface area contributed by atoms with Crippen LogP contribution in [0.4, 0.5) is 13.6 Å². The molecule has 0 aromatic carbocycles. The molecule has 0 radical (unpaired) electrons. The molecule has 2 saturated carbocycles. The van der Waals surface area contributed by atoms with Crippen molar-refractivity contribution in [1.82, 2.24) is 10.6 Å². The van der Waals surface area contributed by atoms with E-state index in [1.54, 1.807) is 0 Å². The molecule has 5 nitrogen and oxygen atoms in total. The van der Waals surface area contributed by atoms with Crippen molar-refractivity contribution < 1.29 is 18.2 Å². The van der Waals surface area contributed by atoms with Gasteiger partial charge in [-0.3, -0.25) is 5.32 Å². The lowest BCUT2D eigenvalue weighted by molar-refractivity contribution is -0.859. The van der Waals surface area contributed by atoms with E-state index in [-0.39, 0.29) is 17.4 Å². The minimum absolute atomic E-state index is 0.154. The summed E-state index contributed by atoms with van der Waals surface area (Å²) in [4.78, 5) is 13.5. The molecule has 0 unspecified atom stereocenters. The van der Waals surface area contributed by atoms with Gasteiger partial charge in [-0.2, -0.15) is 4.59 Å². The largest absolute Gasteiger partial charge is 0.335 e. The van der Waals surface area contributed by atoms with Crippen LogP contribution in [0.15, 0.2) is 28.6 Å². The Morgan fingerprint density at radius 1 is 1.36 bits per heavy atom. The van der Waals surface area contributed by atoms with E-state index in [1.165, 1.54) is 30.6 Å². The van der Waals surface area contributed by atoms with Gasteiger partial charge in [-0.25, -0.2) is 13.6 Å². The number of carbonyl (C=O) groups is 1. The summed E-state index contributed by atoms with van der Waals surface area (Å²) in [6.07, 6.45) is 3.81. The average molecular weight is 430 g/mol. The number of urea groups is 1. The van der Waals surface area contributed by atoms with Gasteiger partial charge in [0.2, 0.25) is 5.82 Å². The van der Waals surface area contributed by atoms with E-state index in [1.807, 2.05) is 26.2 Å². The molecule has 0 bridgehead atoms. The Hall–Kier alpha value is -1.51. The standard InChI is InChI=1S/C19H23ClF2N4OS/c1-26(2)17(24-18(27)23-12-9-19(21,22)10-12)13(8-11-4-3-5-11)16(25-26)14-6-7-15(20)28-14/h6-7,11-12H,3-5,8-10H2,1-2H3,(H-,23,24,25,27)/p+1. The number of nitrogens with one attached hydrogen (secondary N) is 2. The van der Waals surface area contributed by atoms with E-state index in [0.717, 1.165) is 22.6 Å². The van der Waals surface area contributed by atoms with Gasteiger partial charge < -0.3 is 5.32 Å². The molecule has 1 aromatic heterocycles. The first-order valence-corrected chi connectivity index (χ1v) is 10.7. The van der Waals surface area contributed by atoms with E-state index in [0.29, 0.717) is 16.1 Å². The molecule has 3 aliphatic rings. The van der Waals surface area contributed by atoms with Crippen molar-refractivity contribution in [1.29, 1.82) is 0 Å². The first kappa shape index (κ1) is 19.8. The molecule has 9 heteroatoms. The highest BCUT2D eigenvalue weighted by molar-refractivity contribution is 7.18. The molecule has 1 aromatic rings. The van der Waals surface area contributed by atoms with Crippen LogP contribution in [-0.4, -0.2) is 42.4 Å². The molecule has 0 atom stereocenters. The molecule has 2 N–H and O–H groups in total. The number of hydrogen-bond donors (Lipinski definition) is 2. The highest BCUT2D eigenvalue weighted by Gasteiger charge is 2.47. The zero-order valence-corrected chi connectivity index (χ0v) is 17.5. The summed E-state index contributed by atoms with van der Waals surface area (Å²) in [5, 5.41) is 10.4. The quantitative estimate of drug-likeness (QED) is 0.655. The predicted molar refractivity (Wildman–Crippen MR) is 107 cm³/mol. The van der Waals surface area contributed by atoms with Gasteiger partial charge in [0.25, 0.3) is 5.92 Å². The number of quaternary nitrogens is 1. The molecular weight excluding hydrogens is 406 g/mol. The fraction of sp³-hybridized carbons (Fsp3) is 0.579. The Labute approximate surface area is 172 Å². The lowest BCUT2D eigenvalue weighted by atomic mass is 9.80. The molecule has 0 saturated heterocycles. The van der Waals surface area contributed by atoms with E-state index >= 15 is 0 Å². The maximum atomic E-state index is 13.0. The normalized spacial score (nSPS) is 23.8. The molecule has 2 fully saturated rings. The van der Waals surface area contributed by atoms with Gasteiger partial charge in [0.1, 0.15) is 5.71 Å². The van der Waals surface area contributed by atoms with Gasteiger partial charge in [0.05, 0.1) is 28.9 Å². The number of nitrogens with zero attached hydrogens (tertiary/aromatic N) is 2.